The van der Waals surface area contributed by atoms with Crippen LogP contribution in [0.4, 0.5) is 0 Å². The zero-order valence-corrected chi connectivity index (χ0v) is 12.1. The molecule has 1 atom stereocenters. The van der Waals surface area contributed by atoms with E-state index in [0.717, 1.165) is 26.2 Å². The molecule has 0 amide bonds. The summed E-state index contributed by atoms with van der Waals surface area (Å²) in [5, 5.41) is 4.84. The van der Waals surface area contributed by atoms with Gasteiger partial charge in [0.1, 0.15) is 0 Å². The lowest BCUT2D eigenvalue weighted by atomic mass is 10.0. The minimum absolute atomic E-state index is 0.493. The highest BCUT2D eigenvalue weighted by Gasteiger charge is 2.21. The Morgan fingerprint density at radius 1 is 1.21 bits per heavy atom. The fraction of sp³-hybridized carbons (Fsp3) is 0.500. The molecule has 1 N–H and O–H groups in total. The van der Waals surface area contributed by atoms with E-state index in [9.17, 15) is 0 Å². The molecule has 1 aliphatic heterocycles. The maximum Gasteiger partial charge on any atom is 0.0481 e. The van der Waals surface area contributed by atoms with Gasteiger partial charge in [-0.25, -0.2) is 0 Å². The summed E-state index contributed by atoms with van der Waals surface area (Å²) in [6.07, 6.45) is 2.30. The maximum absolute atomic E-state index is 3.43. The van der Waals surface area contributed by atoms with E-state index in [-0.39, 0.29) is 0 Å². The van der Waals surface area contributed by atoms with Crippen molar-refractivity contribution < 1.29 is 0 Å². The topological polar surface area (TPSA) is 20.2 Å². The summed E-state index contributed by atoms with van der Waals surface area (Å²) in [4.78, 5) is 2.58. The Balaban J connectivity index is 2.01. The van der Waals surface area contributed by atoms with Gasteiger partial charge in [0, 0.05) is 56.4 Å². The smallest absolute Gasteiger partial charge is 0.0481 e. The molecule has 2 heterocycles. The molecule has 0 spiro atoms. The van der Waals surface area contributed by atoms with E-state index < -0.39 is 0 Å². The van der Waals surface area contributed by atoms with E-state index in [4.69, 9.17) is 0 Å². The van der Waals surface area contributed by atoms with Gasteiger partial charge < -0.3 is 9.88 Å². The van der Waals surface area contributed by atoms with Crippen LogP contribution >= 0.6 is 0 Å². The van der Waals surface area contributed by atoms with E-state index in [0.29, 0.717) is 6.04 Å². The first-order valence-electron chi connectivity index (χ1n) is 7.17. The molecule has 2 aromatic rings. The molecular formula is C16H23N3. The van der Waals surface area contributed by atoms with Crippen LogP contribution in [-0.2, 0) is 7.05 Å². The van der Waals surface area contributed by atoms with Crippen molar-refractivity contribution >= 4 is 10.9 Å². The predicted octanol–water partition coefficient (Wildman–Crippen LogP) is 2.45. The largest absolute Gasteiger partial charge is 0.350 e. The van der Waals surface area contributed by atoms with Gasteiger partial charge in [-0.2, -0.15) is 0 Å². The summed E-state index contributed by atoms with van der Waals surface area (Å²) in [5.41, 5.74) is 4.14. The number of hydrogen-bond acceptors (Lipinski definition) is 2. The highest BCUT2D eigenvalue weighted by molar-refractivity contribution is 5.85. The van der Waals surface area contributed by atoms with Gasteiger partial charge in [-0.05, 0) is 31.5 Å². The molecule has 1 aromatic carbocycles. The molecule has 3 heteroatoms. The molecular weight excluding hydrogens is 234 g/mol. The number of nitrogens with zero attached hydrogens (tertiary/aromatic N) is 2. The number of hydrogen-bond donors (Lipinski definition) is 1. The number of piperazine rings is 1. The highest BCUT2D eigenvalue weighted by atomic mass is 15.2. The van der Waals surface area contributed by atoms with Gasteiger partial charge in [0.2, 0.25) is 0 Å². The van der Waals surface area contributed by atoms with Gasteiger partial charge >= 0.3 is 0 Å². The van der Waals surface area contributed by atoms with Crippen LogP contribution in [0.2, 0.25) is 0 Å². The standard InChI is InChI=1S/C16H23N3/c1-12-4-5-16-14(10-12)15(11-18(16)3)13(2)19-8-6-17-7-9-19/h4-5,10-11,13,17H,6-9H2,1-3H3. The van der Waals surface area contributed by atoms with E-state index >= 15 is 0 Å². The monoisotopic (exact) mass is 257 g/mol. The van der Waals surface area contributed by atoms with Gasteiger partial charge in [0.05, 0.1) is 0 Å². The van der Waals surface area contributed by atoms with Gasteiger partial charge in [-0.3, -0.25) is 4.90 Å². The van der Waals surface area contributed by atoms with Gasteiger partial charge in [-0.1, -0.05) is 11.6 Å². The molecule has 0 aliphatic carbocycles. The van der Waals surface area contributed by atoms with Crippen LogP contribution in [-0.4, -0.2) is 35.6 Å². The normalized spacial score (nSPS) is 18.9. The molecule has 0 radical (unpaired) electrons. The minimum atomic E-state index is 0.493. The van der Waals surface area contributed by atoms with Crippen molar-refractivity contribution in [2.45, 2.75) is 19.9 Å². The molecule has 1 aliphatic rings. The van der Waals surface area contributed by atoms with Crippen molar-refractivity contribution in [3.05, 3.63) is 35.5 Å². The van der Waals surface area contributed by atoms with Gasteiger partial charge in [-0.15, -0.1) is 0 Å². The lowest BCUT2D eigenvalue weighted by Crippen LogP contribution is -2.44. The van der Waals surface area contributed by atoms with Crippen molar-refractivity contribution in [2.24, 2.45) is 7.05 Å². The third-order valence-corrected chi connectivity index (χ3v) is 4.33. The second-order valence-corrected chi connectivity index (χ2v) is 5.68. The number of aryl methyl sites for hydroxylation is 2. The summed E-state index contributed by atoms with van der Waals surface area (Å²) in [6.45, 7) is 9.00. The van der Waals surface area contributed by atoms with E-state index in [2.05, 4.69) is 60.1 Å². The Hall–Kier alpha value is -1.32. The van der Waals surface area contributed by atoms with Crippen LogP contribution in [0.15, 0.2) is 24.4 Å². The SMILES string of the molecule is Cc1ccc2c(c1)c(C(C)N1CCNCC1)cn2C. The first-order valence-corrected chi connectivity index (χ1v) is 7.17. The summed E-state index contributed by atoms with van der Waals surface area (Å²) < 4.78 is 2.25. The summed E-state index contributed by atoms with van der Waals surface area (Å²) in [6, 6.07) is 7.25. The molecule has 19 heavy (non-hydrogen) atoms. The summed E-state index contributed by atoms with van der Waals surface area (Å²) in [5.74, 6) is 0. The fourth-order valence-electron chi connectivity index (χ4n) is 3.14. The zero-order valence-electron chi connectivity index (χ0n) is 12.1. The molecule has 0 saturated carbocycles. The molecule has 1 aromatic heterocycles. The minimum Gasteiger partial charge on any atom is -0.350 e. The summed E-state index contributed by atoms with van der Waals surface area (Å²) in [7, 11) is 2.14. The predicted molar refractivity (Wildman–Crippen MR) is 80.5 cm³/mol. The quantitative estimate of drug-likeness (QED) is 0.892. The molecule has 1 saturated heterocycles. The summed E-state index contributed by atoms with van der Waals surface area (Å²) >= 11 is 0. The second kappa shape index (κ2) is 4.99. The van der Waals surface area contributed by atoms with Crippen LogP contribution in [0.1, 0.15) is 24.1 Å². The van der Waals surface area contributed by atoms with Crippen LogP contribution in [0.3, 0.4) is 0 Å². The third-order valence-electron chi connectivity index (χ3n) is 4.33. The van der Waals surface area contributed by atoms with Gasteiger partial charge in [0.25, 0.3) is 0 Å². The van der Waals surface area contributed by atoms with Crippen molar-refractivity contribution in [1.29, 1.82) is 0 Å². The zero-order chi connectivity index (χ0) is 13.4. The maximum atomic E-state index is 3.43. The molecule has 102 valence electrons. The van der Waals surface area contributed by atoms with Crippen LogP contribution in [0, 0.1) is 6.92 Å². The Labute approximate surface area is 115 Å². The molecule has 3 rings (SSSR count). The van der Waals surface area contributed by atoms with E-state index in [1.807, 2.05) is 0 Å². The molecule has 3 nitrogen and oxygen atoms in total. The molecule has 1 fully saturated rings. The van der Waals surface area contributed by atoms with Crippen molar-refractivity contribution in [3.63, 3.8) is 0 Å². The highest BCUT2D eigenvalue weighted by Crippen LogP contribution is 2.30. The van der Waals surface area contributed by atoms with Crippen molar-refractivity contribution in [3.8, 4) is 0 Å². The number of aromatic nitrogens is 1. The second-order valence-electron chi connectivity index (χ2n) is 5.68. The number of nitrogens with one attached hydrogen (secondary N) is 1. The number of benzene rings is 1. The van der Waals surface area contributed by atoms with Crippen molar-refractivity contribution in [1.82, 2.24) is 14.8 Å². The van der Waals surface area contributed by atoms with Crippen LogP contribution < -0.4 is 5.32 Å². The fourth-order valence-corrected chi connectivity index (χ4v) is 3.14. The van der Waals surface area contributed by atoms with E-state index in [1.165, 1.54) is 22.0 Å². The Morgan fingerprint density at radius 2 is 1.95 bits per heavy atom. The Kier molecular flexibility index (Phi) is 3.33. The lowest BCUT2D eigenvalue weighted by Gasteiger charge is -2.32. The van der Waals surface area contributed by atoms with Crippen molar-refractivity contribution in [2.75, 3.05) is 26.2 Å². The first-order chi connectivity index (χ1) is 9.16. The first kappa shape index (κ1) is 12.7. The lowest BCUT2D eigenvalue weighted by molar-refractivity contribution is 0.186. The van der Waals surface area contributed by atoms with E-state index in [1.54, 1.807) is 0 Å². The van der Waals surface area contributed by atoms with Crippen LogP contribution in [0.5, 0.6) is 0 Å². The Morgan fingerprint density at radius 3 is 2.68 bits per heavy atom. The molecule has 1 unspecified atom stereocenters. The number of fused-ring (bicyclic) bond motifs is 1. The average molecular weight is 257 g/mol. The average Bonchev–Trinajstić information content (AvgIpc) is 2.75. The van der Waals surface area contributed by atoms with Crippen LogP contribution in [0.25, 0.3) is 10.9 Å². The third kappa shape index (κ3) is 2.28. The number of rotatable bonds is 2. The molecule has 0 bridgehead atoms. The Bertz CT molecular complexity index is 579. The van der Waals surface area contributed by atoms with Gasteiger partial charge in [0.15, 0.2) is 0 Å².